The minimum Gasteiger partial charge on any atom is -0.0992 e. The van der Waals surface area contributed by atoms with Gasteiger partial charge < -0.3 is 0 Å². The molecule has 13 aliphatic carbocycles. The Kier molecular flexibility index (Phi) is 22.7. The Morgan fingerprint density at radius 3 is 1.19 bits per heavy atom. The van der Waals surface area contributed by atoms with E-state index in [1.54, 1.807) is 50.1 Å². The molecule has 0 fully saturated rings. The molecule has 0 aliphatic heterocycles. The summed E-state index contributed by atoms with van der Waals surface area (Å²) in [5.41, 5.74) is 53.2. The molecule has 0 bridgehead atoms. The minimum absolute atomic E-state index is 0.997. The van der Waals surface area contributed by atoms with Crippen molar-refractivity contribution in [2.45, 2.75) is 116 Å². The summed E-state index contributed by atoms with van der Waals surface area (Å²) in [6, 6.07) is 78.0. The molecule has 13 aliphatic rings. The van der Waals surface area contributed by atoms with Crippen LogP contribution in [0.25, 0.3) is 80.5 Å². The molecule has 0 spiro atoms. The number of allylic oxidation sites excluding steroid dienone is 14. The lowest BCUT2D eigenvalue weighted by molar-refractivity contribution is 0.911. The van der Waals surface area contributed by atoms with E-state index in [2.05, 4.69) is 351 Å². The maximum absolute atomic E-state index is 4.20. The van der Waals surface area contributed by atoms with Gasteiger partial charge in [-0.05, 0) is 328 Å². The van der Waals surface area contributed by atoms with Gasteiger partial charge in [0.2, 0.25) is 0 Å². The Morgan fingerprint density at radius 1 is 0.193 bits per heavy atom. The summed E-state index contributed by atoms with van der Waals surface area (Å²) in [6.45, 7) is 36.5. The maximum atomic E-state index is 4.20. The van der Waals surface area contributed by atoms with Crippen molar-refractivity contribution < 1.29 is 0 Å². The molecule has 24 rings (SSSR count). The van der Waals surface area contributed by atoms with Crippen LogP contribution in [0, 0.1) is 0 Å². The Morgan fingerprint density at radius 2 is 0.605 bits per heavy atom. The third-order valence-electron chi connectivity index (χ3n) is 24.4. The predicted molar refractivity (Wildman–Crippen MR) is 494 cm³/mol. The van der Waals surface area contributed by atoms with Crippen molar-refractivity contribution in [3.8, 4) is 11.1 Å². The SMILES string of the molecule is C=C1C=CCc2ccccc21.C=C1C=Cc2cc3c(cc21)C=CC3.C=C1C=Cc2cc3c(cc21)CCC3.C=C1C=Cc2ccccc2C1.C=C1CC=Cc2ccccc21.C=C1CCc2cc3c(cc21)CCC3.C=C1Cc2cc3c(cc2C1)CCC3.C=C1c2ccccc2-c2ccccc21.C=C1c2ccccc2Cc2ccccc21. The molecule has 0 saturated carbocycles. The van der Waals surface area contributed by atoms with Gasteiger partial charge in [-0.25, -0.2) is 0 Å². The largest absolute Gasteiger partial charge is 0.0992 e. The van der Waals surface area contributed by atoms with E-state index >= 15 is 0 Å². The van der Waals surface area contributed by atoms with Crippen LogP contribution in [0.2, 0.25) is 0 Å². The van der Waals surface area contributed by atoms with E-state index in [9.17, 15) is 0 Å². The smallest absolute Gasteiger partial charge is 0.00135 e. The van der Waals surface area contributed by atoms with Crippen LogP contribution in [0.5, 0.6) is 0 Å². The van der Waals surface area contributed by atoms with Gasteiger partial charge in [0.15, 0.2) is 0 Å². The number of aryl methyl sites for hydroxylation is 7. The maximum Gasteiger partial charge on any atom is -0.00135 e. The lowest BCUT2D eigenvalue weighted by atomic mass is 9.83. The fourth-order valence-electron chi connectivity index (χ4n) is 18.2. The quantitative estimate of drug-likeness (QED) is 0.133. The van der Waals surface area contributed by atoms with Crippen LogP contribution in [0.1, 0.15) is 188 Å². The van der Waals surface area contributed by atoms with Crippen LogP contribution in [0.4, 0.5) is 0 Å². The highest BCUT2D eigenvalue weighted by molar-refractivity contribution is 6.00. The number of benzene rings is 11. The van der Waals surface area contributed by atoms with Gasteiger partial charge in [-0.2, -0.15) is 0 Å². The zero-order valence-electron chi connectivity index (χ0n) is 66.3. The lowest BCUT2D eigenvalue weighted by Gasteiger charge is -2.21. The van der Waals surface area contributed by atoms with Crippen molar-refractivity contribution in [1.82, 2.24) is 0 Å². The van der Waals surface area contributed by atoms with Crippen molar-refractivity contribution >= 4 is 69.4 Å². The van der Waals surface area contributed by atoms with Gasteiger partial charge >= 0.3 is 0 Å². The van der Waals surface area contributed by atoms with E-state index in [-0.39, 0.29) is 0 Å². The summed E-state index contributed by atoms with van der Waals surface area (Å²) in [6.07, 6.45) is 47.3. The second-order valence-corrected chi connectivity index (χ2v) is 32.1. The van der Waals surface area contributed by atoms with Gasteiger partial charge in [-0.3, -0.25) is 0 Å². The van der Waals surface area contributed by atoms with E-state index in [0.29, 0.717) is 0 Å². The van der Waals surface area contributed by atoms with Crippen LogP contribution in [0.3, 0.4) is 0 Å². The fraction of sp³-hybridized carbons (Fsp3) is 0.158. The zero-order chi connectivity index (χ0) is 78.2. The standard InChI is InChI=1S/C15H12.C14H10.2C13H14.C13H12.C13H10.3C11H10/c1-11-14-8-4-2-6-12(14)10-13-7-3-5-9-15(11)13;1-10-11-6-2-4-8-13(11)14-9-5-3-7-12(10)14;1-9-5-12-7-10-3-2-4-11(10)8-13(12)6-9;3*1-9-5-6-12-7-10-3-2-4-11(10)8-13(9)12;2*1-9-5-4-7-10-6-2-3-8-11(9)10;1-9-6-7-10-4-2-3-5-11(10)8-9/h2-9H,1,10H2;2-9H,1H2;2*7-8H,1-6H2;5-8H,1-4H2;2,4-8H,1,3H2;2-4,6-8H,1,5H2;2-6,8H,1,7H2;2-7H,1,8H2. The lowest BCUT2D eigenvalue weighted by Crippen LogP contribution is -2.05. The summed E-state index contributed by atoms with van der Waals surface area (Å²) in [4.78, 5) is 0. The molecule has 0 atom stereocenters. The summed E-state index contributed by atoms with van der Waals surface area (Å²) in [5.74, 6) is 0. The summed E-state index contributed by atoms with van der Waals surface area (Å²) in [5, 5.41) is 0. The molecule has 0 heteroatoms. The van der Waals surface area contributed by atoms with E-state index in [4.69, 9.17) is 0 Å². The Bertz CT molecular complexity index is 5810. The molecule has 11 aromatic carbocycles. The van der Waals surface area contributed by atoms with Gasteiger partial charge in [0.1, 0.15) is 0 Å². The molecule has 0 N–H and O–H groups in total. The van der Waals surface area contributed by atoms with Crippen molar-refractivity contribution in [1.29, 1.82) is 0 Å². The Labute approximate surface area is 678 Å². The predicted octanol–water partition coefficient (Wildman–Crippen LogP) is 28.6. The van der Waals surface area contributed by atoms with Crippen molar-refractivity contribution in [2.24, 2.45) is 0 Å². The van der Waals surface area contributed by atoms with Crippen LogP contribution in [-0.2, 0) is 83.5 Å². The van der Waals surface area contributed by atoms with Gasteiger partial charge in [0.25, 0.3) is 0 Å². The molecular weight excluding hydrogens is 1370 g/mol. The highest BCUT2D eigenvalue weighted by atomic mass is 14.3. The van der Waals surface area contributed by atoms with E-state index in [1.165, 1.54) is 215 Å². The second-order valence-electron chi connectivity index (χ2n) is 32.1. The third kappa shape index (κ3) is 16.7. The highest BCUT2D eigenvalue weighted by Gasteiger charge is 2.25. The molecule has 0 nitrogen and oxygen atoms in total. The number of hydrogen-bond donors (Lipinski definition) is 0. The zero-order valence-corrected chi connectivity index (χ0v) is 66.3. The van der Waals surface area contributed by atoms with E-state index in [1.807, 2.05) is 0 Å². The topological polar surface area (TPSA) is 0 Å². The second kappa shape index (κ2) is 34.2. The number of rotatable bonds is 0. The first kappa shape index (κ1) is 75.6. The van der Waals surface area contributed by atoms with Gasteiger partial charge in [0, 0.05) is 0 Å². The summed E-state index contributed by atoms with van der Waals surface area (Å²) < 4.78 is 0. The molecule has 0 radical (unpaired) electrons. The molecular formula is C114H102. The molecule has 0 heterocycles. The van der Waals surface area contributed by atoms with E-state index < -0.39 is 0 Å². The summed E-state index contributed by atoms with van der Waals surface area (Å²) in [7, 11) is 0. The molecule has 0 unspecified atom stereocenters. The van der Waals surface area contributed by atoms with Crippen LogP contribution < -0.4 is 0 Å². The van der Waals surface area contributed by atoms with Crippen LogP contribution >= 0.6 is 0 Å². The molecule has 11 aromatic rings. The van der Waals surface area contributed by atoms with Crippen molar-refractivity contribution in [3.05, 3.63) is 487 Å². The van der Waals surface area contributed by atoms with Gasteiger partial charge in [-0.15, -0.1) is 0 Å². The van der Waals surface area contributed by atoms with Gasteiger partial charge in [0.05, 0.1) is 0 Å². The number of fused-ring (bicyclic) bond motifs is 16. The third-order valence-corrected chi connectivity index (χ3v) is 24.4. The first-order valence-corrected chi connectivity index (χ1v) is 41.1. The first-order chi connectivity index (χ1) is 55.7. The molecule has 558 valence electrons. The monoisotopic (exact) mass is 1470 g/mol. The van der Waals surface area contributed by atoms with Crippen LogP contribution in [-0.4, -0.2) is 0 Å². The average molecular weight is 1470 g/mol. The highest BCUT2D eigenvalue weighted by Crippen LogP contribution is 2.44. The normalized spacial score (nSPS) is 15.7. The molecule has 0 aromatic heterocycles. The average Bonchev–Trinajstić information content (AvgIpc) is 1.44. The Hall–Kier alpha value is -12.5. The summed E-state index contributed by atoms with van der Waals surface area (Å²) >= 11 is 0. The molecule has 0 amide bonds. The Balaban J connectivity index is 0.0000000968. The van der Waals surface area contributed by atoms with Crippen LogP contribution in [0.15, 0.2) is 331 Å². The van der Waals surface area contributed by atoms with Crippen molar-refractivity contribution in [3.63, 3.8) is 0 Å². The first-order valence-electron chi connectivity index (χ1n) is 41.1. The van der Waals surface area contributed by atoms with Gasteiger partial charge in [-0.1, -0.05) is 356 Å². The van der Waals surface area contributed by atoms with Crippen molar-refractivity contribution in [2.75, 3.05) is 0 Å². The number of hydrogen-bond acceptors (Lipinski definition) is 0. The van der Waals surface area contributed by atoms with E-state index in [0.717, 1.165) is 67.2 Å². The molecule has 114 heavy (non-hydrogen) atoms. The molecule has 0 saturated heterocycles. The fourth-order valence-corrected chi connectivity index (χ4v) is 18.2. The minimum atomic E-state index is 0.997.